The highest BCUT2D eigenvalue weighted by Gasteiger charge is 2.29. The van der Waals surface area contributed by atoms with E-state index in [0.29, 0.717) is 21.4 Å². The lowest BCUT2D eigenvalue weighted by Crippen LogP contribution is -2.32. The Hall–Kier alpha value is -2.93. The van der Waals surface area contributed by atoms with Crippen molar-refractivity contribution in [1.29, 1.82) is 0 Å². The summed E-state index contributed by atoms with van der Waals surface area (Å²) in [5.74, 6) is 0.480. The minimum Gasteiger partial charge on any atom is -0.378 e. The lowest BCUT2D eigenvalue weighted by Gasteiger charge is -2.27. The fourth-order valence-corrected chi connectivity index (χ4v) is 4.92. The number of para-hydroxylation sites is 1. The number of amides is 1. The van der Waals surface area contributed by atoms with Crippen LogP contribution in [0.15, 0.2) is 89.1 Å². The van der Waals surface area contributed by atoms with Gasteiger partial charge in [0, 0.05) is 36.9 Å². The summed E-state index contributed by atoms with van der Waals surface area (Å²) in [6.45, 7) is 1.91. The number of halogens is 2. The monoisotopic (exact) mass is 524 g/mol. The van der Waals surface area contributed by atoms with E-state index in [1.165, 1.54) is 0 Å². The van der Waals surface area contributed by atoms with Gasteiger partial charge in [-0.2, -0.15) is 0 Å². The summed E-state index contributed by atoms with van der Waals surface area (Å²) in [7, 11) is 4.00. The molecule has 0 spiro atoms. The van der Waals surface area contributed by atoms with Gasteiger partial charge in [0.25, 0.3) is 5.91 Å². The van der Waals surface area contributed by atoms with Crippen molar-refractivity contribution in [2.75, 3.05) is 24.3 Å². The van der Waals surface area contributed by atoms with E-state index in [4.69, 9.17) is 28.2 Å². The number of hydrogen-bond donors (Lipinski definition) is 2. The third-order valence-electron chi connectivity index (χ3n) is 5.58. The summed E-state index contributed by atoms with van der Waals surface area (Å²) in [6, 6.07) is 22.7. The zero-order chi connectivity index (χ0) is 24.9. The SMILES string of the molecule is CC1=C(C(=O)Nc2ccccc2)[C@H](c2ccc(N(C)C)cc2)N=C(SCc2ccc(Cl)c(Cl)c2)N1. The van der Waals surface area contributed by atoms with Crippen molar-refractivity contribution in [3.8, 4) is 0 Å². The molecule has 0 unspecified atom stereocenters. The van der Waals surface area contributed by atoms with E-state index < -0.39 is 6.04 Å². The van der Waals surface area contributed by atoms with Crippen LogP contribution in [0.2, 0.25) is 10.0 Å². The average Bonchev–Trinajstić information content (AvgIpc) is 2.85. The molecule has 5 nitrogen and oxygen atoms in total. The molecule has 0 aromatic heterocycles. The van der Waals surface area contributed by atoms with Gasteiger partial charge in [-0.25, -0.2) is 4.99 Å². The minimum atomic E-state index is -0.438. The molecule has 2 N–H and O–H groups in total. The maximum atomic E-state index is 13.4. The number of allylic oxidation sites excluding steroid dienone is 1. The van der Waals surface area contributed by atoms with E-state index in [1.807, 2.05) is 92.6 Å². The second-order valence-electron chi connectivity index (χ2n) is 8.34. The molecule has 180 valence electrons. The second-order valence-corrected chi connectivity index (χ2v) is 10.1. The number of carbonyl (C=O) groups excluding carboxylic acids is 1. The Bertz CT molecular complexity index is 1270. The van der Waals surface area contributed by atoms with Crippen molar-refractivity contribution in [3.63, 3.8) is 0 Å². The average molecular weight is 526 g/mol. The Morgan fingerprint density at radius 1 is 1.03 bits per heavy atom. The van der Waals surface area contributed by atoms with Gasteiger partial charge in [-0.05, 0) is 54.4 Å². The van der Waals surface area contributed by atoms with Crippen LogP contribution < -0.4 is 15.5 Å². The molecule has 1 amide bonds. The van der Waals surface area contributed by atoms with Gasteiger partial charge < -0.3 is 15.5 Å². The van der Waals surface area contributed by atoms with Gasteiger partial charge in [-0.1, -0.05) is 71.4 Å². The molecule has 1 aliphatic rings. The standard InChI is InChI=1S/C27H26Cl2N4OS/c1-17-24(26(34)31-20-7-5-4-6-8-20)25(19-10-12-21(13-11-19)33(2)3)32-27(30-17)35-16-18-9-14-22(28)23(29)15-18/h4-15,25H,16H2,1-3H3,(H,30,32)(H,31,34)/t25-/m0/s1. The van der Waals surface area contributed by atoms with Crippen LogP contribution in [-0.2, 0) is 10.5 Å². The number of carbonyl (C=O) groups is 1. The maximum absolute atomic E-state index is 13.4. The predicted octanol–water partition coefficient (Wildman–Crippen LogP) is 6.91. The third-order valence-corrected chi connectivity index (χ3v) is 7.28. The van der Waals surface area contributed by atoms with E-state index >= 15 is 0 Å². The lowest BCUT2D eigenvalue weighted by atomic mass is 9.95. The first-order chi connectivity index (χ1) is 16.8. The summed E-state index contributed by atoms with van der Waals surface area (Å²) >= 11 is 13.8. The van der Waals surface area contributed by atoms with Gasteiger partial charge in [0.05, 0.1) is 15.6 Å². The summed E-state index contributed by atoms with van der Waals surface area (Å²) in [6.07, 6.45) is 0. The molecule has 0 bridgehead atoms. The van der Waals surface area contributed by atoms with E-state index in [9.17, 15) is 4.79 Å². The minimum absolute atomic E-state index is 0.180. The quantitative estimate of drug-likeness (QED) is 0.367. The van der Waals surface area contributed by atoms with Gasteiger partial charge in [0.1, 0.15) is 6.04 Å². The number of aliphatic imine (C=N–C) groups is 1. The first-order valence-corrected chi connectivity index (χ1v) is 12.8. The van der Waals surface area contributed by atoms with Crippen LogP contribution >= 0.6 is 35.0 Å². The number of nitrogens with one attached hydrogen (secondary N) is 2. The highest BCUT2D eigenvalue weighted by Crippen LogP contribution is 2.34. The normalized spacial score (nSPS) is 15.3. The summed E-state index contributed by atoms with van der Waals surface area (Å²) in [4.78, 5) is 20.4. The van der Waals surface area contributed by atoms with Crippen LogP contribution in [0.5, 0.6) is 0 Å². The number of hydrogen-bond acceptors (Lipinski definition) is 5. The second kappa shape index (κ2) is 11.2. The molecule has 0 saturated carbocycles. The zero-order valence-corrected chi connectivity index (χ0v) is 22.0. The van der Waals surface area contributed by atoms with Crippen molar-refractivity contribution in [3.05, 3.63) is 105 Å². The van der Waals surface area contributed by atoms with Gasteiger partial charge in [0.2, 0.25) is 0 Å². The van der Waals surface area contributed by atoms with Crippen LogP contribution in [0.25, 0.3) is 0 Å². The molecule has 4 rings (SSSR count). The highest BCUT2D eigenvalue weighted by molar-refractivity contribution is 8.13. The fourth-order valence-electron chi connectivity index (χ4n) is 3.71. The Kier molecular flexibility index (Phi) is 8.06. The van der Waals surface area contributed by atoms with Crippen molar-refractivity contribution in [2.45, 2.75) is 18.7 Å². The Labute approximate surface area is 220 Å². The molecule has 0 fully saturated rings. The smallest absolute Gasteiger partial charge is 0.255 e. The molecule has 1 atom stereocenters. The third kappa shape index (κ3) is 6.20. The molecule has 35 heavy (non-hydrogen) atoms. The van der Waals surface area contributed by atoms with Crippen LogP contribution in [-0.4, -0.2) is 25.2 Å². The molecule has 1 aliphatic heterocycles. The van der Waals surface area contributed by atoms with E-state index in [0.717, 1.165) is 33.4 Å². The van der Waals surface area contributed by atoms with Crippen LogP contribution in [0.1, 0.15) is 24.1 Å². The molecule has 8 heteroatoms. The first-order valence-electron chi connectivity index (χ1n) is 11.1. The largest absolute Gasteiger partial charge is 0.378 e. The van der Waals surface area contributed by atoms with Gasteiger partial charge in [0.15, 0.2) is 5.17 Å². The Morgan fingerprint density at radius 3 is 2.40 bits per heavy atom. The van der Waals surface area contributed by atoms with Crippen LogP contribution in [0.3, 0.4) is 0 Å². The number of rotatable bonds is 6. The van der Waals surface area contributed by atoms with Crippen molar-refractivity contribution in [1.82, 2.24) is 5.32 Å². The predicted molar refractivity (Wildman–Crippen MR) is 150 cm³/mol. The summed E-state index contributed by atoms with van der Waals surface area (Å²) in [5.41, 5.74) is 5.16. The van der Waals surface area contributed by atoms with Crippen LogP contribution in [0, 0.1) is 0 Å². The van der Waals surface area contributed by atoms with Crippen molar-refractivity contribution in [2.24, 2.45) is 4.99 Å². The number of nitrogens with zero attached hydrogens (tertiary/aromatic N) is 2. The molecule has 1 heterocycles. The summed E-state index contributed by atoms with van der Waals surface area (Å²) < 4.78 is 0. The number of anilines is 2. The molecular weight excluding hydrogens is 499 g/mol. The topological polar surface area (TPSA) is 56.7 Å². The molecule has 0 radical (unpaired) electrons. The molecule has 3 aromatic carbocycles. The molecule has 3 aromatic rings. The Balaban J connectivity index is 1.62. The van der Waals surface area contributed by atoms with E-state index in [2.05, 4.69) is 10.6 Å². The van der Waals surface area contributed by atoms with Crippen molar-refractivity contribution >= 4 is 57.4 Å². The first kappa shape index (κ1) is 25.2. The van der Waals surface area contributed by atoms with Crippen molar-refractivity contribution < 1.29 is 4.79 Å². The molecule has 0 saturated heterocycles. The summed E-state index contributed by atoms with van der Waals surface area (Å²) in [5, 5.41) is 8.13. The maximum Gasteiger partial charge on any atom is 0.255 e. The van der Waals surface area contributed by atoms with E-state index in [-0.39, 0.29) is 5.91 Å². The molecular formula is C27H26Cl2N4OS. The number of amidine groups is 1. The van der Waals surface area contributed by atoms with Gasteiger partial charge in [-0.15, -0.1) is 0 Å². The Morgan fingerprint density at radius 2 is 1.74 bits per heavy atom. The highest BCUT2D eigenvalue weighted by atomic mass is 35.5. The molecule has 0 aliphatic carbocycles. The van der Waals surface area contributed by atoms with Crippen LogP contribution in [0.4, 0.5) is 11.4 Å². The lowest BCUT2D eigenvalue weighted by molar-refractivity contribution is -0.113. The number of benzene rings is 3. The van der Waals surface area contributed by atoms with Gasteiger partial charge in [-0.3, -0.25) is 4.79 Å². The fraction of sp³-hybridized carbons (Fsp3) is 0.185. The number of thioether (sulfide) groups is 1. The van der Waals surface area contributed by atoms with Gasteiger partial charge >= 0.3 is 0 Å². The van der Waals surface area contributed by atoms with E-state index in [1.54, 1.807) is 17.8 Å². The zero-order valence-electron chi connectivity index (χ0n) is 19.7.